The summed E-state index contributed by atoms with van der Waals surface area (Å²) in [5, 5.41) is 0. The van der Waals surface area contributed by atoms with Gasteiger partial charge in [-0.3, -0.25) is 0 Å². The summed E-state index contributed by atoms with van der Waals surface area (Å²) in [5.41, 5.74) is 8.61. The molecule has 0 fully saturated rings. The SMILES string of the molecule is Cc1ccc(COc2ccc(-c3ccc(OC(=O)c4ccc(C)c(C)c4)cc3)cc2)cc1C. The fraction of sp³-hybridized carbons (Fsp3) is 0.167. The quantitative estimate of drug-likeness (QED) is 0.234. The number of esters is 1. The molecule has 0 unspecified atom stereocenters. The zero-order valence-corrected chi connectivity index (χ0v) is 19.5. The standard InChI is InChI=1S/C30H28O3/c1-20-5-7-24(17-22(20)3)19-32-28-13-9-25(10-14-28)26-11-15-29(16-12-26)33-30(31)27-8-6-21(2)23(4)18-27/h5-18H,19H2,1-4H3. The van der Waals surface area contributed by atoms with Crippen molar-refractivity contribution in [2.45, 2.75) is 34.3 Å². The summed E-state index contributed by atoms with van der Waals surface area (Å²) in [6.07, 6.45) is 0. The van der Waals surface area contributed by atoms with E-state index < -0.39 is 0 Å². The van der Waals surface area contributed by atoms with E-state index in [0.717, 1.165) is 33.6 Å². The van der Waals surface area contributed by atoms with Crippen LogP contribution < -0.4 is 9.47 Å². The van der Waals surface area contributed by atoms with Gasteiger partial charge in [-0.15, -0.1) is 0 Å². The zero-order valence-electron chi connectivity index (χ0n) is 19.5. The Hall–Kier alpha value is -3.85. The highest BCUT2D eigenvalue weighted by atomic mass is 16.5. The number of carbonyl (C=O) groups excluding carboxylic acids is 1. The second-order valence-electron chi connectivity index (χ2n) is 8.44. The number of aryl methyl sites for hydroxylation is 4. The van der Waals surface area contributed by atoms with Crippen LogP contribution in [0.15, 0.2) is 84.9 Å². The van der Waals surface area contributed by atoms with Crippen molar-refractivity contribution in [3.63, 3.8) is 0 Å². The van der Waals surface area contributed by atoms with Crippen LogP contribution in [0.25, 0.3) is 11.1 Å². The molecule has 0 saturated heterocycles. The van der Waals surface area contributed by atoms with Gasteiger partial charge in [-0.05, 0) is 103 Å². The molecule has 0 heterocycles. The first-order valence-corrected chi connectivity index (χ1v) is 11.1. The molecule has 0 spiro atoms. The van der Waals surface area contributed by atoms with E-state index >= 15 is 0 Å². The van der Waals surface area contributed by atoms with Crippen LogP contribution in [0.2, 0.25) is 0 Å². The minimum Gasteiger partial charge on any atom is -0.489 e. The van der Waals surface area contributed by atoms with Gasteiger partial charge in [-0.1, -0.05) is 48.5 Å². The highest BCUT2D eigenvalue weighted by molar-refractivity contribution is 5.91. The second kappa shape index (κ2) is 9.74. The molecule has 4 aromatic rings. The summed E-state index contributed by atoms with van der Waals surface area (Å²) in [6.45, 7) is 8.78. The van der Waals surface area contributed by atoms with E-state index in [2.05, 4.69) is 32.0 Å². The Kier molecular flexibility index (Phi) is 6.60. The first-order valence-electron chi connectivity index (χ1n) is 11.1. The van der Waals surface area contributed by atoms with Gasteiger partial charge in [-0.2, -0.15) is 0 Å². The average molecular weight is 437 g/mol. The van der Waals surface area contributed by atoms with Gasteiger partial charge in [-0.25, -0.2) is 4.79 Å². The topological polar surface area (TPSA) is 35.5 Å². The van der Waals surface area contributed by atoms with Gasteiger partial charge in [0.1, 0.15) is 18.1 Å². The predicted octanol–water partition coefficient (Wildman–Crippen LogP) is 7.39. The summed E-state index contributed by atoms with van der Waals surface area (Å²) in [6, 6.07) is 27.5. The summed E-state index contributed by atoms with van der Waals surface area (Å²) in [4.78, 5) is 12.4. The maximum Gasteiger partial charge on any atom is 0.343 e. The molecule has 0 bridgehead atoms. The lowest BCUT2D eigenvalue weighted by molar-refractivity contribution is 0.0734. The van der Waals surface area contributed by atoms with Crippen LogP contribution in [-0.4, -0.2) is 5.97 Å². The largest absolute Gasteiger partial charge is 0.489 e. The van der Waals surface area contributed by atoms with Gasteiger partial charge >= 0.3 is 5.97 Å². The van der Waals surface area contributed by atoms with Crippen LogP contribution in [0.4, 0.5) is 0 Å². The molecular formula is C30H28O3. The van der Waals surface area contributed by atoms with Crippen molar-refractivity contribution in [3.8, 4) is 22.6 Å². The molecule has 4 aromatic carbocycles. The fourth-order valence-electron chi connectivity index (χ4n) is 3.55. The van der Waals surface area contributed by atoms with Gasteiger partial charge in [0.15, 0.2) is 0 Å². The van der Waals surface area contributed by atoms with Crippen molar-refractivity contribution >= 4 is 5.97 Å². The molecule has 0 aromatic heterocycles. The maximum atomic E-state index is 12.4. The van der Waals surface area contributed by atoms with E-state index in [1.165, 1.54) is 11.1 Å². The van der Waals surface area contributed by atoms with E-state index in [9.17, 15) is 4.79 Å². The molecule has 0 amide bonds. The number of hydrogen-bond acceptors (Lipinski definition) is 3. The number of rotatable bonds is 6. The first-order chi connectivity index (χ1) is 15.9. The third kappa shape index (κ3) is 5.50. The van der Waals surface area contributed by atoms with E-state index in [0.29, 0.717) is 17.9 Å². The van der Waals surface area contributed by atoms with Crippen LogP contribution in [-0.2, 0) is 6.61 Å². The molecule has 0 saturated carbocycles. The van der Waals surface area contributed by atoms with Crippen molar-refractivity contribution in [1.82, 2.24) is 0 Å². The summed E-state index contributed by atoms with van der Waals surface area (Å²) in [5.74, 6) is 1.00. The molecule has 3 nitrogen and oxygen atoms in total. The van der Waals surface area contributed by atoms with Crippen molar-refractivity contribution in [3.05, 3.63) is 118 Å². The normalized spacial score (nSPS) is 10.7. The van der Waals surface area contributed by atoms with E-state index in [1.807, 2.05) is 74.5 Å². The summed E-state index contributed by atoms with van der Waals surface area (Å²) in [7, 11) is 0. The van der Waals surface area contributed by atoms with Crippen molar-refractivity contribution in [1.29, 1.82) is 0 Å². The van der Waals surface area contributed by atoms with Crippen molar-refractivity contribution in [2.24, 2.45) is 0 Å². The van der Waals surface area contributed by atoms with E-state index in [-0.39, 0.29) is 5.97 Å². The third-order valence-electron chi connectivity index (χ3n) is 5.97. The summed E-state index contributed by atoms with van der Waals surface area (Å²) >= 11 is 0. The third-order valence-corrected chi connectivity index (χ3v) is 5.97. The van der Waals surface area contributed by atoms with Crippen LogP contribution in [0.5, 0.6) is 11.5 Å². The maximum absolute atomic E-state index is 12.4. The molecule has 3 heteroatoms. The van der Waals surface area contributed by atoms with Gasteiger partial charge in [0.2, 0.25) is 0 Å². The van der Waals surface area contributed by atoms with Gasteiger partial charge in [0, 0.05) is 0 Å². The first kappa shape index (κ1) is 22.3. The Balaban J connectivity index is 1.37. The lowest BCUT2D eigenvalue weighted by Gasteiger charge is -2.10. The molecule has 0 aliphatic carbocycles. The molecule has 0 atom stereocenters. The van der Waals surface area contributed by atoms with E-state index in [4.69, 9.17) is 9.47 Å². The molecule has 0 aliphatic rings. The van der Waals surface area contributed by atoms with Gasteiger partial charge < -0.3 is 9.47 Å². The number of hydrogen-bond donors (Lipinski definition) is 0. The lowest BCUT2D eigenvalue weighted by Crippen LogP contribution is -2.08. The molecule has 0 N–H and O–H groups in total. The average Bonchev–Trinajstić information content (AvgIpc) is 2.82. The zero-order chi connectivity index (χ0) is 23.4. The molecule has 166 valence electrons. The highest BCUT2D eigenvalue weighted by Crippen LogP contribution is 2.26. The second-order valence-corrected chi connectivity index (χ2v) is 8.44. The van der Waals surface area contributed by atoms with Crippen molar-refractivity contribution < 1.29 is 14.3 Å². The molecule has 0 aliphatic heterocycles. The van der Waals surface area contributed by atoms with Gasteiger partial charge in [0.25, 0.3) is 0 Å². The Morgan fingerprint density at radius 1 is 0.606 bits per heavy atom. The minimum atomic E-state index is -0.351. The molecular weight excluding hydrogens is 408 g/mol. The smallest absolute Gasteiger partial charge is 0.343 e. The van der Waals surface area contributed by atoms with Crippen LogP contribution in [0.3, 0.4) is 0 Å². The van der Waals surface area contributed by atoms with E-state index in [1.54, 1.807) is 6.07 Å². The Labute approximate surface area is 195 Å². The summed E-state index contributed by atoms with van der Waals surface area (Å²) < 4.78 is 11.5. The van der Waals surface area contributed by atoms with Crippen LogP contribution in [0, 0.1) is 27.7 Å². The Morgan fingerprint density at radius 3 is 1.73 bits per heavy atom. The monoisotopic (exact) mass is 436 g/mol. The molecule has 4 rings (SSSR count). The predicted molar refractivity (Wildman–Crippen MR) is 133 cm³/mol. The minimum absolute atomic E-state index is 0.351. The number of carbonyl (C=O) groups is 1. The van der Waals surface area contributed by atoms with Crippen molar-refractivity contribution in [2.75, 3.05) is 0 Å². The molecule has 33 heavy (non-hydrogen) atoms. The van der Waals surface area contributed by atoms with Crippen LogP contribution in [0.1, 0.15) is 38.2 Å². The fourth-order valence-corrected chi connectivity index (χ4v) is 3.55. The molecule has 0 radical (unpaired) electrons. The Bertz CT molecular complexity index is 1270. The number of ether oxygens (including phenoxy) is 2. The lowest BCUT2D eigenvalue weighted by atomic mass is 10.1. The Morgan fingerprint density at radius 2 is 1.15 bits per heavy atom. The number of benzene rings is 4. The van der Waals surface area contributed by atoms with Gasteiger partial charge in [0.05, 0.1) is 5.56 Å². The van der Waals surface area contributed by atoms with Crippen LogP contribution >= 0.6 is 0 Å². The highest BCUT2D eigenvalue weighted by Gasteiger charge is 2.10.